The number of carbonyl (C=O) groups excluding carboxylic acids is 1. The van der Waals surface area contributed by atoms with Crippen LogP contribution in [-0.2, 0) is 11.3 Å². The molecule has 2 aromatic rings. The summed E-state index contributed by atoms with van der Waals surface area (Å²) in [5, 5.41) is 6.75. The number of hydrogen-bond donors (Lipinski definition) is 1. The number of rotatable bonds is 6. The van der Waals surface area contributed by atoms with Gasteiger partial charge in [-0.3, -0.25) is 24.2 Å². The number of ether oxygens (including phenoxy) is 1. The van der Waals surface area contributed by atoms with E-state index >= 15 is 0 Å². The highest BCUT2D eigenvalue weighted by Gasteiger charge is 2.41. The molecule has 4 heterocycles. The van der Waals surface area contributed by atoms with Gasteiger partial charge in [-0.05, 0) is 42.6 Å². The van der Waals surface area contributed by atoms with Crippen molar-refractivity contribution in [1.82, 2.24) is 14.5 Å². The largest absolute Gasteiger partial charge is 0.381 e. The summed E-state index contributed by atoms with van der Waals surface area (Å²) in [6, 6.07) is 5.29. The number of halogens is 1. The predicted molar refractivity (Wildman–Crippen MR) is 122 cm³/mol. The Hall–Kier alpha value is -2.98. The van der Waals surface area contributed by atoms with E-state index in [4.69, 9.17) is 21.3 Å². The van der Waals surface area contributed by atoms with E-state index in [1.165, 1.54) is 0 Å². The molecule has 168 valence electrons. The van der Waals surface area contributed by atoms with E-state index in [2.05, 4.69) is 15.5 Å². The van der Waals surface area contributed by atoms with Crippen molar-refractivity contribution in [3.05, 3.63) is 39.4 Å². The number of anilines is 2. The number of amides is 1. The average molecular weight is 458 g/mol. The third kappa shape index (κ3) is 3.53. The molecular formula is C21H24ClN7O3. The lowest BCUT2D eigenvalue weighted by molar-refractivity contribution is 0.0835. The Labute approximate surface area is 190 Å². The molecule has 1 saturated heterocycles. The third-order valence-corrected chi connectivity index (χ3v) is 6.34. The van der Waals surface area contributed by atoms with Gasteiger partial charge in [0.25, 0.3) is 5.91 Å². The topological polar surface area (TPSA) is 104 Å². The molecule has 0 radical (unpaired) electrons. The van der Waals surface area contributed by atoms with E-state index in [-0.39, 0.29) is 22.7 Å². The van der Waals surface area contributed by atoms with Gasteiger partial charge < -0.3 is 10.1 Å². The second-order valence-corrected chi connectivity index (χ2v) is 8.39. The molecule has 0 unspecified atom stereocenters. The Bertz CT molecular complexity index is 1090. The minimum Gasteiger partial charge on any atom is -0.381 e. The minimum atomic E-state index is -0.121. The SMILES string of the molecule is CCN1C(=O)c2c(nc(NC3CCOCC3)n2Cc2ccc(N=O)c(Cl)c2)N2CCN=C12. The van der Waals surface area contributed by atoms with Crippen molar-refractivity contribution in [3.8, 4) is 0 Å². The Morgan fingerprint density at radius 3 is 2.84 bits per heavy atom. The summed E-state index contributed by atoms with van der Waals surface area (Å²) in [5.41, 5.74) is 1.56. The van der Waals surface area contributed by atoms with Crippen LogP contribution in [0.1, 0.15) is 35.8 Å². The van der Waals surface area contributed by atoms with Crippen molar-refractivity contribution in [2.24, 2.45) is 10.2 Å². The fraction of sp³-hybridized carbons (Fsp3) is 0.476. The first-order chi connectivity index (χ1) is 15.6. The van der Waals surface area contributed by atoms with E-state index in [0.29, 0.717) is 62.8 Å². The number of benzene rings is 1. The van der Waals surface area contributed by atoms with Crippen LogP contribution >= 0.6 is 11.6 Å². The summed E-state index contributed by atoms with van der Waals surface area (Å²) >= 11 is 6.21. The number of imidazole rings is 1. The lowest BCUT2D eigenvalue weighted by Crippen LogP contribution is -2.50. The first-order valence-corrected chi connectivity index (χ1v) is 11.2. The van der Waals surface area contributed by atoms with Crippen LogP contribution in [-0.4, -0.2) is 65.2 Å². The van der Waals surface area contributed by atoms with Crippen LogP contribution in [0.2, 0.25) is 5.02 Å². The van der Waals surface area contributed by atoms with Gasteiger partial charge in [0, 0.05) is 32.3 Å². The van der Waals surface area contributed by atoms with Crippen LogP contribution in [0.4, 0.5) is 17.5 Å². The maximum atomic E-state index is 13.5. The standard InChI is InChI=1S/C21H24ClN7O3/c1-2-27-19(30)17-18(28-8-7-23-21(27)28)25-20(24-14-5-9-32-10-6-14)29(17)12-13-3-4-16(26-31)15(22)11-13/h3-4,11,14H,2,5-10,12H2,1H3,(H,24,25). The number of aliphatic imine (C=N–C) groups is 1. The van der Waals surface area contributed by atoms with Gasteiger partial charge in [-0.15, -0.1) is 4.91 Å². The normalized spacial score (nSPS) is 18.4. The molecule has 1 aromatic carbocycles. The highest BCUT2D eigenvalue weighted by Crippen LogP contribution is 2.34. The molecule has 5 rings (SSSR count). The van der Waals surface area contributed by atoms with E-state index in [0.717, 1.165) is 18.4 Å². The molecule has 11 heteroatoms. The van der Waals surface area contributed by atoms with Crippen molar-refractivity contribution < 1.29 is 9.53 Å². The van der Waals surface area contributed by atoms with Gasteiger partial charge in [-0.2, -0.15) is 4.98 Å². The molecular weight excluding hydrogens is 434 g/mol. The van der Waals surface area contributed by atoms with Crippen molar-refractivity contribution in [2.75, 3.05) is 43.1 Å². The van der Waals surface area contributed by atoms with E-state index in [1.807, 2.05) is 16.4 Å². The molecule has 1 N–H and O–H groups in total. The summed E-state index contributed by atoms with van der Waals surface area (Å²) in [6.45, 7) is 5.53. The van der Waals surface area contributed by atoms with Crippen LogP contribution in [0.5, 0.6) is 0 Å². The summed E-state index contributed by atoms with van der Waals surface area (Å²) in [7, 11) is 0. The molecule has 1 aromatic heterocycles. The van der Waals surface area contributed by atoms with Gasteiger partial charge in [0.05, 0.1) is 18.1 Å². The van der Waals surface area contributed by atoms with Gasteiger partial charge in [0.1, 0.15) is 5.69 Å². The van der Waals surface area contributed by atoms with Gasteiger partial charge in [-0.1, -0.05) is 17.7 Å². The maximum Gasteiger partial charge on any atom is 0.281 e. The van der Waals surface area contributed by atoms with Gasteiger partial charge in [0.15, 0.2) is 11.5 Å². The second kappa shape index (κ2) is 8.51. The third-order valence-electron chi connectivity index (χ3n) is 6.03. The molecule has 0 spiro atoms. The summed E-state index contributed by atoms with van der Waals surface area (Å²) in [6.07, 6.45) is 1.74. The van der Waals surface area contributed by atoms with E-state index in [1.54, 1.807) is 23.1 Å². The lowest BCUT2D eigenvalue weighted by atomic mass is 10.1. The fourth-order valence-electron chi connectivity index (χ4n) is 4.40. The number of fused-ring (bicyclic) bond motifs is 3. The average Bonchev–Trinajstić information content (AvgIpc) is 3.41. The first kappa shape index (κ1) is 20.9. The van der Waals surface area contributed by atoms with Crippen LogP contribution in [0.25, 0.3) is 0 Å². The van der Waals surface area contributed by atoms with E-state index in [9.17, 15) is 9.70 Å². The molecule has 10 nitrogen and oxygen atoms in total. The highest BCUT2D eigenvalue weighted by atomic mass is 35.5. The number of nitrogens with zero attached hydrogens (tertiary/aromatic N) is 6. The molecule has 0 saturated carbocycles. The van der Waals surface area contributed by atoms with Gasteiger partial charge >= 0.3 is 0 Å². The smallest absolute Gasteiger partial charge is 0.281 e. The molecule has 3 aliphatic heterocycles. The van der Waals surface area contributed by atoms with Crippen molar-refractivity contribution >= 4 is 40.9 Å². The molecule has 32 heavy (non-hydrogen) atoms. The molecule has 0 atom stereocenters. The molecule has 3 aliphatic rings. The Kier molecular flexibility index (Phi) is 5.56. The molecule has 0 bridgehead atoms. The van der Waals surface area contributed by atoms with Crippen LogP contribution < -0.4 is 10.2 Å². The number of aromatic nitrogens is 2. The van der Waals surface area contributed by atoms with Crippen molar-refractivity contribution in [3.63, 3.8) is 0 Å². The lowest BCUT2D eigenvalue weighted by Gasteiger charge is -2.32. The minimum absolute atomic E-state index is 0.121. The quantitative estimate of drug-likeness (QED) is 0.668. The second-order valence-electron chi connectivity index (χ2n) is 7.98. The number of nitrogens with one attached hydrogen (secondary N) is 1. The summed E-state index contributed by atoms with van der Waals surface area (Å²) in [5.74, 6) is 1.80. The van der Waals surface area contributed by atoms with Gasteiger partial charge in [-0.25, -0.2) is 0 Å². The highest BCUT2D eigenvalue weighted by molar-refractivity contribution is 6.33. The van der Waals surface area contributed by atoms with Crippen LogP contribution in [0.15, 0.2) is 28.4 Å². The number of nitroso groups, excluding NO2 is 1. The first-order valence-electron chi connectivity index (χ1n) is 10.8. The Balaban J connectivity index is 1.58. The number of hydrogen-bond acceptors (Lipinski definition) is 8. The number of carbonyl (C=O) groups is 1. The van der Waals surface area contributed by atoms with Crippen molar-refractivity contribution in [1.29, 1.82) is 0 Å². The zero-order valence-corrected chi connectivity index (χ0v) is 18.5. The fourth-order valence-corrected chi connectivity index (χ4v) is 4.64. The number of guanidine groups is 1. The Morgan fingerprint density at radius 2 is 2.12 bits per heavy atom. The maximum absolute atomic E-state index is 13.5. The Morgan fingerprint density at radius 1 is 1.31 bits per heavy atom. The zero-order valence-electron chi connectivity index (χ0n) is 17.8. The van der Waals surface area contributed by atoms with Crippen molar-refractivity contribution in [2.45, 2.75) is 32.4 Å². The predicted octanol–water partition coefficient (Wildman–Crippen LogP) is 3.23. The molecule has 0 aliphatic carbocycles. The summed E-state index contributed by atoms with van der Waals surface area (Å²) in [4.78, 5) is 37.5. The molecule has 1 amide bonds. The van der Waals surface area contributed by atoms with E-state index < -0.39 is 0 Å². The molecule has 1 fully saturated rings. The zero-order chi connectivity index (χ0) is 22.2. The summed E-state index contributed by atoms with van der Waals surface area (Å²) < 4.78 is 7.39. The monoisotopic (exact) mass is 457 g/mol. The van der Waals surface area contributed by atoms with Crippen LogP contribution in [0, 0.1) is 4.91 Å². The van der Waals surface area contributed by atoms with Crippen LogP contribution in [0.3, 0.4) is 0 Å². The van der Waals surface area contributed by atoms with Gasteiger partial charge in [0.2, 0.25) is 11.9 Å².